The van der Waals surface area contributed by atoms with Crippen molar-refractivity contribution in [3.63, 3.8) is 0 Å². The number of likely N-dealkylation sites (N-methyl/N-ethyl adjacent to an activating group) is 1. The first-order valence-electron chi connectivity index (χ1n) is 3.32. The summed E-state index contributed by atoms with van der Waals surface area (Å²) >= 11 is 0. The average molecular weight is 203 g/mol. The smallest absolute Gasteiger partial charge is 0.0818 e. The lowest BCUT2D eigenvalue weighted by Gasteiger charge is -2.31. The number of hydrogen-bond donors (Lipinski definition) is 2. The van der Waals surface area contributed by atoms with Gasteiger partial charge in [-0.2, -0.15) is 0 Å². The lowest BCUT2D eigenvalue weighted by molar-refractivity contribution is 0.0661. The zero-order chi connectivity index (χ0) is 6.85. The Bertz CT molecular complexity index is 105. The minimum atomic E-state index is -0.316. The van der Waals surface area contributed by atoms with Crippen molar-refractivity contribution in [3.8, 4) is 0 Å². The topological polar surface area (TPSA) is 49.5 Å². The van der Waals surface area contributed by atoms with Crippen LogP contribution in [-0.2, 0) is 0 Å². The first-order chi connectivity index (χ1) is 4.20. The molecule has 11 heavy (non-hydrogen) atoms. The van der Waals surface area contributed by atoms with E-state index in [1.165, 1.54) is 0 Å². The van der Waals surface area contributed by atoms with Gasteiger partial charge in [0.05, 0.1) is 6.10 Å². The Labute approximate surface area is 79.8 Å². The average Bonchev–Trinajstić information content (AvgIpc) is 1.80. The summed E-state index contributed by atoms with van der Waals surface area (Å²) in [7, 11) is 2.00. The first kappa shape index (κ1) is 14.0. The number of β-amino-alcohol motifs (C(OH)–C–C–N with tert-alkyl or cyclic N) is 1. The first-order valence-corrected chi connectivity index (χ1v) is 3.32. The highest BCUT2D eigenvalue weighted by molar-refractivity contribution is 5.85. The maximum Gasteiger partial charge on any atom is 0.0818 e. The molecule has 3 nitrogen and oxygen atoms in total. The standard InChI is InChI=1S/C6H14N2O.2ClH/c1-8-3-2-5(7)6(9)4-8;;/h5-6,9H,2-4,7H2,1H3;2*1H. The molecule has 0 bridgehead atoms. The van der Waals surface area contributed by atoms with Gasteiger partial charge in [-0.1, -0.05) is 0 Å². The summed E-state index contributed by atoms with van der Waals surface area (Å²) in [4.78, 5) is 2.09. The van der Waals surface area contributed by atoms with E-state index >= 15 is 0 Å². The molecule has 0 aromatic rings. The molecule has 0 aliphatic carbocycles. The molecule has 1 saturated heterocycles. The van der Waals surface area contributed by atoms with Crippen molar-refractivity contribution in [2.24, 2.45) is 5.73 Å². The van der Waals surface area contributed by atoms with Crippen LogP contribution in [0.2, 0.25) is 0 Å². The van der Waals surface area contributed by atoms with E-state index in [1.807, 2.05) is 7.05 Å². The van der Waals surface area contributed by atoms with Crippen LogP contribution in [0.25, 0.3) is 0 Å². The second-order valence-electron chi connectivity index (χ2n) is 2.78. The van der Waals surface area contributed by atoms with E-state index < -0.39 is 0 Å². The minimum Gasteiger partial charge on any atom is -0.390 e. The summed E-state index contributed by atoms with van der Waals surface area (Å²) in [6.45, 7) is 1.74. The highest BCUT2D eigenvalue weighted by Gasteiger charge is 2.21. The van der Waals surface area contributed by atoms with Crippen molar-refractivity contribution in [1.29, 1.82) is 0 Å². The van der Waals surface area contributed by atoms with Crippen LogP contribution in [0.3, 0.4) is 0 Å². The summed E-state index contributed by atoms with van der Waals surface area (Å²) in [5.74, 6) is 0. The van der Waals surface area contributed by atoms with E-state index in [0.717, 1.165) is 19.5 Å². The summed E-state index contributed by atoms with van der Waals surface area (Å²) in [6.07, 6.45) is 0.598. The molecule has 1 heterocycles. The third kappa shape index (κ3) is 4.13. The quantitative estimate of drug-likeness (QED) is 0.575. The second kappa shape index (κ2) is 6.03. The van der Waals surface area contributed by atoms with Gasteiger partial charge in [-0.15, -0.1) is 24.8 Å². The van der Waals surface area contributed by atoms with Crippen LogP contribution in [0.5, 0.6) is 0 Å². The van der Waals surface area contributed by atoms with Crippen LogP contribution in [0.15, 0.2) is 0 Å². The van der Waals surface area contributed by atoms with Gasteiger partial charge in [0.15, 0.2) is 0 Å². The fourth-order valence-electron chi connectivity index (χ4n) is 1.11. The number of aliphatic hydroxyl groups is 1. The maximum atomic E-state index is 9.18. The van der Waals surface area contributed by atoms with Crippen LogP contribution in [-0.4, -0.2) is 42.3 Å². The number of piperidine rings is 1. The largest absolute Gasteiger partial charge is 0.390 e. The number of rotatable bonds is 0. The maximum absolute atomic E-state index is 9.18. The summed E-state index contributed by atoms with van der Waals surface area (Å²) in [6, 6.07) is 0.00111. The Balaban J connectivity index is 0. The van der Waals surface area contributed by atoms with Gasteiger partial charge in [-0.3, -0.25) is 0 Å². The highest BCUT2D eigenvalue weighted by Crippen LogP contribution is 2.05. The normalized spacial score (nSPS) is 31.9. The van der Waals surface area contributed by atoms with Crippen LogP contribution in [0.4, 0.5) is 0 Å². The zero-order valence-corrected chi connectivity index (χ0v) is 8.20. The zero-order valence-electron chi connectivity index (χ0n) is 6.56. The Morgan fingerprint density at radius 2 is 2.00 bits per heavy atom. The van der Waals surface area contributed by atoms with Gasteiger partial charge in [-0.05, 0) is 20.0 Å². The molecule has 2 atom stereocenters. The van der Waals surface area contributed by atoms with Gasteiger partial charge in [0.1, 0.15) is 0 Å². The molecule has 1 fully saturated rings. The molecular weight excluding hydrogens is 187 g/mol. The van der Waals surface area contributed by atoms with Gasteiger partial charge in [0.25, 0.3) is 0 Å². The van der Waals surface area contributed by atoms with Crippen LogP contribution >= 0.6 is 24.8 Å². The van der Waals surface area contributed by atoms with E-state index in [2.05, 4.69) is 4.90 Å². The molecule has 0 aromatic heterocycles. The molecule has 3 N–H and O–H groups in total. The molecule has 0 saturated carbocycles. The molecule has 0 amide bonds. The van der Waals surface area contributed by atoms with Crippen molar-refractivity contribution in [1.82, 2.24) is 4.90 Å². The van der Waals surface area contributed by atoms with E-state index in [1.54, 1.807) is 0 Å². The van der Waals surface area contributed by atoms with Crippen molar-refractivity contribution < 1.29 is 5.11 Å². The summed E-state index contributed by atoms with van der Waals surface area (Å²) in [5.41, 5.74) is 5.56. The predicted octanol–water partition coefficient (Wildman–Crippen LogP) is -0.146. The number of halogens is 2. The van der Waals surface area contributed by atoms with Gasteiger partial charge in [-0.25, -0.2) is 0 Å². The Hall–Kier alpha value is 0.460. The lowest BCUT2D eigenvalue weighted by atomic mass is 10.0. The van der Waals surface area contributed by atoms with Crippen molar-refractivity contribution in [2.75, 3.05) is 20.1 Å². The number of likely N-dealkylation sites (tertiary alicyclic amines) is 1. The highest BCUT2D eigenvalue weighted by atomic mass is 35.5. The number of nitrogens with zero attached hydrogens (tertiary/aromatic N) is 1. The SMILES string of the molecule is CN1CCC(N)C(O)C1.Cl.Cl. The molecule has 0 spiro atoms. The van der Waals surface area contributed by atoms with Crippen molar-refractivity contribution >= 4 is 24.8 Å². The number of hydrogen-bond acceptors (Lipinski definition) is 3. The Morgan fingerprint density at radius 3 is 2.36 bits per heavy atom. The molecular formula is C6H16Cl2N2O. The van der Waals surface area contributed by atoms with Crippen LogP contribution in [0.1, 0.15) is 6.42 Å². The number of aliphatic hydroxyl groups excluding tert-OH is 1. The lowest BCUT2D eigenvalue weighted by Crippen LogP contribution is -2.49. The fraction of sp³-hybridized carbons (Fsp3) is 1.00. The Morgan fingerprint density at radius 1 is 1.45 bits per heavy atom. The van der Waals surface area contributed by atoms with E-state index in [9.17, 15) is 5.11 Å². The molecule has 2 unspecified atom stereocenters. The third-order valence-corrected chi connectivity index (χ3v) is 1.84. The molecule has 1 aliphatic rings. The van der Waals surface area contributed by atoms with Crippen LogP contribution < -0.4 is 5.73 Å². The monoisotopic (exact) mass is 202 g/mol. The number of nitrogens with two attached hydrogens (primary N) is 1. The second-order valence-corrected chi connectivity index (χ2v) is 2.78. The molecule has 0 aromatic carbocycles. The molecule has 0 radical (unpaired) electrons. The van der Waals surface area contributed by atoms with Crippen molar-refractivity contribution in [2.45, 2.75) is 18.6 Å². The van der Waals surface area contributed by atoms with Crippen molar-refractivity contribution in [3.05, 3.63) is 0 Å². The Kier molecular flexibility index (Phi) is 7.68. The third-order valence-electron chi connectivity index (χ3n) is 1.84. The fourth-order valence-corrected chi connectivity index (χ4v) is 1.11. The van der Waals surface area contributed by atoms with Gasteiger partial charge >= 0.3 is 0 Å². The predicted molar refractivity (Wildman–Crippen MR) is 50.6 cm³/mol. The van der Waals surface area contributed by atoms with Gasteiger partial charge < -0.3 is 15.7 Å². The minimum absolute atomic E-state index is 0. The molecule has 1 aliphatic heterocycles. The van der Waals surface area contributed by atoms with E-state index in [-0.39, 0.29) is 37.0 Å². The molecule has 70 valence electrons. The molecule has 1 rings (SSSR count). The van der Waals surface area contributed by atoms with E-state index in [0.29, 0.717) is 0 Å². The van der Waals surface area contributed by atoms with Crippen LogP contribution in [0, 0.1) is 0 Å². The van der Waals surface area contributed by atoms with Gasteiger partial charge in [0, 0.05) is 12.6 Å². The van der Waals surface area contributed by atoms with E-state index in [4.69, 9.17) is 5.73 Å². The molecule has 5 heteroatoms. The van der Waals surface area contributed by atoms with Gasteiger partial charge in [0.2, 0.25) is 0 Å². The summed E-state index contributed by atoms with van der Waals surface area (Å²) < 4.78 is 0. The summed E-state index contributed by atoms with van der Waals surface area (Å²) in [5, 5.41) is 9.18.